The van der Waals surface area contributed by atoms with Crippen LogP contribution in [0.1, 0.15) is 52.6 Å². The van der Waals surface area contributed by atoms with Crippen LogP contribution in [0.25, 0.3) is 0 Å². The molecule has 1 aromatic carbocycles. The number of benzene rings is 1. The van der Waals surface area contributed by atoms with Gasteiger partial charge in [0.05, 0.1) is 0 Å². The Kier molecular flexibility index (Phi) is 3.32. The summed E-state index contributed by atoms with van der Waals surface area (Å²) in [5.74, 6) is 0.527. The molecule has 0 amide bonds. The molecule has 1 saturated carbocycles. The zero-order chi connectivity index (χ0) is 13.4. The molecule has 20 heavy (non-hydrogen) atoms. The first-order valence-electron chi connectivity index (χ1n) is 7.66. The van der Waals surface area contributed by atoms with Crippen molar-refractivity contribution >= 4 is 11.3 Å². The minimum absolute atomic E-state index is 0.527. The average molecular weight is 284 g/mol. The van der Waals surface area contributed by atoms with Crippen molar-refractivity contribution in [2.45, 2.75) is 50.6 Å². The summed E-state index contributed by atoms with van der Waals surface area (Å²) in [5.41, 5.74) is 3.03. The van der Waals surface area contributed by atoms with Crippen molar-refractivity contribution in [3.05, 3.63) is 51.5 Å². The molecule has 1 unspecified atom stereocenters. The van der Waals surface area contributed by atoms with Crippen LogP contribution in [-0.4, -0.2) is 11.0 Å². The van der Waals surface area contributed by atoms with Crippen LogP contribution in [0.5, 0.6) is 0 Å². The molecule has 2 nitrogen and oxygen atoms in total. The van der Waals surface area contributed by atoms with Crippen molar-refractivity contribution in [1.82, 2.24) is 10.3 Å². The van der Waals surface area contributed by atoms with Gasteiger partial charge in [-0.3, -0.25) is 0 Å². The first-order chi connectivity index (χ1) is 9.90. The van der Waals surface area contributed by atoms with Gasteiger partial charge in [-0.05, 0) is 43.2 Å². The molecule has 1 atom stereocenters. The van der Waals surface area contributed by atoms with Gasteiger partial charge in [-0.25, -0.2) is 4.98 Å². The maximum Gasteiger partial charge on any atom is 0.100 e. The number of hydrogen-bond donors (Lipinski definition) is 1. The van der Waals surface area contributed by atoms with Crippen molar-refractivity contribution < 1.29 is 0 Å². The van der Waals surface area contributed by atoms with E-state index in [0.29, 0.717) is 5.92 Å². The van der Waals surface area contributed by atoms with Gasteiger partial charge in [0.25, 0.3) is 0 Å². The highest BCUT2D eigenvalue weighted by Gasteiger charge is 2.24. The number of hydrogen-bond acceptors (Lipinski definition) is 3. The predicted octanol–water partition coefficient (Wildman–Crippen LogP) is 3.86. The van der Waals surface area contributed by atoms with Crippen LogP contribution in [0.15, 0.2) is 30.5 Å². The minimum atomic E-state index is 0.527. The number of nitrogens with one attached hydrogen (secondary N) is 1. The molecule has 3 heteroatoms. The number of aromatic nitrogens is 1. The molecule has 1 heterocycles. The van der Waals surface area contributed by atoms with E-state index in [4.69, 9.17) is 4.98 Å². The molecule has 104 valence electrons. The molecule has 0 spiro atoms. The Labute approximate surface area is 124 Å². The van der Waals surface area contributed by atoms with Gasteiger partial charge in [0.2, 0.25) is 0 Å². The van der Waals surface area contributed by atoms with E-state index in [9.17, 15) is 0 Å². The molecule has 0 radical (unpaired) electrons. The quantitative estimate of drug-likeness (QED) is 0.922. The van der Waals surface area contributed by atoms with Gasteiger partial charge in [-0.1, -0.05) is 24.3 Å². The van der Waals surface area contributed by atoms with Crippen LogP contribution in [0.2, 0.25) is 0 Å². The maximum absolute atomic E-state index is 4.72. The summed E-state index contributed by atoms with van der Waals surface area (Å²) in [6.07, 6.45) is 8.54. The van der Waals surface area contributed by atoms with Crippen molar-refractivity contribution in [3.8, 4) is 0 Å². The molecule has 2 aromatic rings. The van der Waals surface area contributed by atoms with Crippen LogP contribution in [0, 0.1) is 0 Å². The number of nitrogens with zero attached hydrogens (tertiary/aromatic N) is 1. The van der Waals surface area contributed by atoms with Gasteiger partial charge in [0, 0.05) is 29.6 Å². The van der Waals surface area contributed by atoms with Gasteiger partial charge in [0.1, 0.15) is 5.01 Å². The van der Waals surface area contributed by atoms with Crippen molar-refractivity contribution in [2.75, 3.05) is 0 Å². The average Bonchev–Trinajstić information content (AvgIpc) is 3.21. The molecule has 0 bridgehead atoms. The number of rotatable bonds is 4. The van der Waals surface area contributed by atoms with E-state index in [2.05, 4.69) is 35.8 Å². The zero-order valence-corrected chi connectivity index (χ0v) is 12.5. The fraction of sp³-hybridized carbons (Fsp3) is 0.471. The monoisotopic (exact) mass is 284 g/mol. The van der Waals surface area contributed by atoms with Gasteiger partial charge >= 0.3 is 0 Å². The molecule has 2 aliphatic rings. The third-order valence-electron chi connectivity index (χ3n) is 4.38. The van der Waals surface area contributed by atoms with Crippen LogP contribution in [-0.2, 0) is 13.0 Å². The standard InChI is InChI=1S/C17H20N2S/c1-2-6-15-12(4-1)5-3-7-16(15)17-19-11-14(20-17)10-18-13-8-9-13/h1-2,4,6,11,13,16,18H,3,5,7-10H2. The van der Waals surface area contributed by atoms with Gasteiger partial charge in [-0.2, -0.15) is 0 Å². The van der Waals surface area contributed by atoms with E-state index in [-0.39, 0.29) is 0 Å². The van der Waals surface area contributed by atoms with E-state index >= 15 is 0 Å². The van der Waals surface area contributed by atoms with E-state index < -0.39 is 0 Å². The lowest BCUT2D eigenvalue weighted by Crippen LogP contribution is -2.14. The largest absolute Gasteiger partial charge is 0.309 e. The normalized spacial score (nSPS) is 21.7. The highest BCUT2D eigenvalue weighted by Crippen LogP contribution is 2.38. The Morgan fingerprint density at radius 1 is 1.20 bits per heavy atom. The second-order valence-corrected chi connectivity index (χ2v) is 7.11. The van der Waals surface area contributed by atoms with Gasteiger partial charge < -0.3 is 5.32 Å². The van der Waals surface area contributed by atoms with Crippen molar-refractivity contribution in [2.24, 2.45) is 0 Å². The molecule has 0 saturated heterocycles. The fourth-order valence-corrected chi connectivity index (χ4v) is 4.13. The van der Waals surface area contributed by atoms with Crippen LogP contribution in [0.4, 0.5) is 0 Å². The molecular weight excluding hydrogens is 264 g/mol. The topological polar surface area (TPSA) is 24.9 Å². The zero-order valence-electron chi connectivity index (χ0n) is 11.6. The van der Waals surface area contributed by atoms with Gasteiger partial charge in [-0.15, -0.1) is 11.3 Å². The number of fused-ring (bicyclic) bond motifs is 1. The molecule has 1 N–H and O–H groups in total. The Balaban J connectivity index is 1.55. The van der Waals surface area contributed by atoms with E-state index in [1.807, 2.05) is 11.3 Å². The highest BCUT2D eigenvalue weighted by atomic mass is 32.1. The maximum atomic E-state index is 4.72. The summed E-state index contributed by atoms with van der Waals surface area (Å²) < 4.78 is 0. The summed E-state index contributed by atoms with van der Waals surface area (Å²) in [6, 6.07) is 9.68. The highest BCUT2D eigenvalue weighted by molar-refractivity contribution is 7.11. The lowest BCUT2D eigenvalue weighted by molar-refractivity contribution is 0.613. The third-order valence-corrected chi connectivity index (χ3v) is 5.49. The summed E-state index contributed by atoms with van der Waals surface area (Å²) in [4.78, 5) is 6.10. The van der Waals surface area contributed by atoms with Crippen LogP contribution >= 0.6 is 11.3 Å². The molecule has 1 fully saturated rings. The van der Waals surface area contributed by atoms with Gasteiger partial charge in [0.15, 0.2) is 0 Å². The van der Waals surface area contributed by atoms with Crippen LogP contribution in [0.3, 0.4) is 0 Å². The third kappa shape index (κ3) is 2.52. The number of thiazole rings is 1. The first kappa shape index (κ1) is 12.5. The Bertz CT molecular complexity index is 601. The Hall–Kier alpha value is -1.19. The summed E-state index contributed by atoms with van der Waals surface area (Å²) in [5, 5.41) is 4.89. The molecular formula is C17H20N2S. The lowest BCUT2D eigenvalue weighted by Gasteiger charge is -2.23. The predicted molar refractivity (Wildman–Crippen MR) is 83.2 cm³/mol. The Morgan fingerprint density at radius 2 is 2.10 bits per heavy atom. The minimum Gasteiger partial charge on any atom is -0.309 e. The molecule has 0 aliphatic heterocycles. The second kappa shape index (κ2) is 5.30. The molecule has 4 rings (SSSR count). The summed E-state index contributed by atoms with van der Waals surface area (Å²) in [7, 11) is 0. The first-order valence-corrected chi connectivity index (χ1v) is 8.47. The smallest absolute Gasteiger partial charge is 0.100 e. The van der Waals surface area contributed by atoms with E-state index in [1.54, 1.807) is 0 Å². The summed E-state index contributed by atoms with van der Waals surface area (Å²) >= 11 is 1.90. The number of aryl methyl sites for hydroxylation is 1. The fourth-order valence-electron chi connectivity index (χ4n) is 3.11. The van der Waals surface area contributed by atoms with Crippen molar-refractivity contribution in [3.63, 3.8) is 0 Å². The molecule has 2 aliphatic carbocycles. The Morgan fingerprint density at radius 3 is 3.00 bits per heavy atom. The SMILES string of the molecule is c1ccc2c(c1)CCCC2c1ncc(CNC2CC2)s1. The lowest BCUT2D eigenvalue weighted by atomic mass is 9.83. The second-order valence-electron chi connectivity index (χ2n) is 5.96. The van der Waals surface area contributed by atoms with E-state index in [0.717, 1.165) is 12.6 Å². The molecule has 1 aromatic heterocycles. The van der Waals surface area contributed by atoms with E-state index in [1.165, 1.54) is 53.1 Å². The van der Waals surface area contributed by atoms with Crippen LogP contribution < -0.4 is 5.32 Å². The van der Waals surface area contributed by atoms with Crippen molar-refractivity contribution in [1.29, 1.82) is 0 Å². The summed E-state index contributed by atoms with van der Waals surface area (Å²) in [6.45, 7) is 0.997.